The van der Waals surface area contributed by atoms with E-state index < -0.39 is 0 Å². The SMILES string of the molecule is CCc1ccc(NC(=S)N2CCC(c3nc4ccccc4s3)CC2)cc1. The molecule has 26 heavy (non-hydrogen) atoms. The molecule has 0 amide bonds. The smallest absolute Gasteiger partial charge is 0.173 e. The fourth-order valence-corrected chi connectivity index (χ4v) is 4.86. The Bertz CT molecular complexity index is 860. The van der Waals surface area contributed by atoms with Crippen LogP contribution in [0.2, 0.25) is 0 Å². The number of likely N-dealkylation sites (tertiary alicyclic amines) is 1. The third-order valence-corrected chi connectivity index (χ3v) is 6.61. The van der Waals surface area contributed by atoms with Crippen molar-refractivity contribution in [3.05, 3.63) is 59.1 Å². The number of para-hydroxylation sites is 1. The van der Waals surface area contributed by atoms with Gasteiger partial charge in [0.2, 0.25) is 0 Å². The predicted molar refractivity (Wildman–Crippen MR) is 115 cm³/mol. The number of aryl methyl sites for hydroxylation is 1. The minimum Gasteiger partial charge on any atom is -0.349 e. The Hall–Kier alpha value is -1.98. The normalized spacial score (nSPS) is 15.3. The summed E-state index contributed by atoms with van der Waals surface area (Å²) >= 11 is 7.47. The van der Waals surface area contributed by atoms with Crippen LogP contribution >= 0.6 is 23.6 Å². The number of hydrogen-bond donors (Lipinski definition) is 1. The molecular weight excluding hydrogens is 358 g/mol. The summed E-state index contributed by atoms with van der Waals surface area (Å²) in [5.74, 6) is 0.551. The van der Waals surface area contributed by atoms with Crippen LogP contribution in [0, 0.1) is 0 Å². The maximum atomic E-state index is 5.63. The Balaban J connectivity index is 1.35. The molecule has 1 saturated heterocycles. The lowest BCUT2D eigenvalue weighted by Crippen LogP contribution is -2.40. The lowest BCUT2D eigenvalue weighted by molar-refractivity contribution is 0.316. The second-order valence-corrected chi connectivity index (χ2v) is 8.21. The number of benzene rings is 2. The molecule has 1 N–H and O–H groups in total. The molecule has 0 bridgehead atoms. The molecule has 4 rings (SSSR count). The van der Waals surface area contributed by atoms with Crippen LogP contribution in [0.25, 0.3) is 10.2 Å². The topological polar surface area (TPSA) is 28.2 Å². The van der Waals surface area contributed by atoms with E-state index in [1.807, 2.05) is 11.3 Å². The van der Waals surface area contributed by atoms with Crippen molar-refractivity contribution in [3.63, 3.8) is 0 Å². The van der Waals surface area contributed by atoms with Crippen LogP contribution in [0.5, 0.6) is 0 Å². The van der Waals surface area contributed by atoms with Crippen LogP contribution in [0.4, 0.5) is 5.69 Å². The molecule has 0 unspecified atom stereocenters. The van der Waals surface area contributed by atoms with Crippen molar-refractivity contribution in [2.24, 2.45) is 0 Å². The summed E-state index contributed by atoms with van der Waals surface area (Å²) in [5, 5.41) is 5.49. The zero-order chi connectivity index (χ0) is 17.9. The van der Waals surface area contributed by atoms with Crippen LogP contribution < -0.4 is 5.32 Å². The number of rotatable bonds is 3. The van der Waals surface area contributed by atoms with Gasteiger partial charge in [-0.3, -0.25) is 0 Å². The van der Waals surface area contributed by atoms with Crippen molar-refractivity contribution in [2.45, 2.75) is 32.1 Å². The number of anilines is 1. The molecule has 1 aliphatic rings. The zero-order valence-corrected chi connectivity index (χ0v) is 16.6. The number of thiazole rings is 1. The summed E-state index contributed by atoms with van der Waals surface area (Å²) < 4.78 is 1.29. The first kappa shape index (κ1) is 17.4. The molecule has 0 atom stereocenters. The lowest BCUT2D eigenvalue weighted by atomic mass is 9.98. The molecule has 3 nitrogen and oxygen atoms in total. The molecule has 0 radical (unpaired) electrons. The predicted octanol–water partition coefficient (Wildman–Crippen LogP) is 5.44. The average molecular weight is 382 g/mol. The molecule has 3 aromatic rings. The second kappa shape index (κ2) is 7.72. The molecule has 2 heterocycles. The first-order chi connectivity index (χ1) is 12.7. The van der Waals surface area contributed by atoms with Gasteiger partial charge in [-0.2, -0.15) is 0 Å². The average Bonchev–Trinajstić information content (AvgIpc) is 3.13. The summed E-state index contributed by atoms with van der Waals surface area (Å²) in [6.45, 7) is 4.14. The van der Waals surface area contributed by atoms with Gasteiger partial charge in [0, 0.05) is 24.7 Å². The number of nitrogens with zero attached hydrogens (tertiary/aromatic N) is 2. The standard InChI is InChI=1S/C21H23N3S2/c1-2-15-7-9-17(10-8-15)22-21(25)24-13-11-16(12-14-24)20-23-18-5-3-4-6-19(18)26-20/h3-10,16H,2,11-14H2,1H3,(H,22,25). The number of fused-ring (bicyclic) bond motifs is 1. The van der Waals surface area contributed by atoms with Gasteiger partial charge in [-0.25, -0.2) is 4.98 Å². The van der Waals surface area contributed by atoms with Gasteiger partial charge in [0.15, 0.2) is 5.11 Å². The third kappa shape index (κ3) is 3.74. The van der Waals surface area contributed by atoms with Crippen molar-refractivity contribution in [1.82, 2.24) is 9.88 Å². The van der Waals surface area contributed by atoms with E-state index in [1.165, 1.54) is 15.3 Å². The van der Waals surface area contributed by atoms with Crippen molar-refractivity contribution in [2.75, 3.05) is 18.4 Å². The van der Waals surface area contributed by atoms with Gasteiger partial charge in [0.25, 0.3) is 0 Å². The van der Waals surface area contributed by atoms with Crippen molar-refractivity contribution in [1.29, 1.82) is 0 Å². The molecule has 2 aromatic carbocycles. The molecule has 0 saturated carbocycles. The third-order valence-electron chi connectivity index (χ3n) is 5.06. The first-order valence-corrected chi connectivity index (χ1v) is 10.5. The van der Waals surface area contributed by atoms with Crippen LogP contribution in [0.15, 0.2) is 48.5 Å². The first-order valence-electron chi connectivity index (χ1n) is 9.23. The molecule has 1 aliphatic heterocycles. The van der Waals surface area contributed by atoms with Gasteiger partial charge in [0.05, 0.1) is 15.2 Å². The van der Waals surface area contributed by atoms with Crippen LogP contribution in [0.1, 0.15) is 36.3 Å². The number of aromatic nitrogens is 1. The van der Waals surface area contributed by atoms with E-state index in [1.54, 1.807) is 0 Å². The van der Waals surface area contributed by atoms with Gasteiger partial charge < -0.3 is 10.2 Å². The van der Waals surface area contributed by atoms with Gasteiger partial charge >= 0.3 is 0 Å². The highest BCUT2D eigenvalue weighted by molar-refractivity contribution is 7.80. The molecule has 0 spiro atoms. The maximum Gasteiger partial charge on any atom is 0.173 e. The Morgan fingerprint density at radius 2 is 1.88 bits per heavy atom. The summed E-state index contributed by atoms with van der Waals surface area (Å²) in [7, 11) is 0. The summed E-state index contributed by atoms with van der Waals surface area (Å²) in [6, 6.07) is 16.9. The van der Waals surface area contributed by atoms with E-state index in [4.69, 9.17) is 17.2 Å². The minimum atomic E-state index is 0.551. The molecule has 134 valence electrons. The molecule has 1 aromatic heterocycles. The van der Waals surface area contributed by atoms with E-state index in [-0.39, 0.29) is 0 Å². The Morgan fingerprint density at radius 1 is 1.15 bits per heavy atom. The Morgan fingerprint density at radius 3 is 2.58 bits per heavy atom. The van der Waals surface area contributed by atoms with E-state index >= 15 is 0 Å². The number of hydrogen-bond acceptors (Lipinski definition) is 3. The van der Waals surface area contributed by atoms with Crippen LogP contribution in [-0.4, -0.2) is 28.1 Å². The lowest BCUT2D eigenvalue weighted by Gasteiger charge is -2.33. The van der Waals surface area contributed by atoms with E-state index in [0.29, 0.717) is 5.92 Å². The Kier molecular flexibility index (Phi) is 5.18. The minimum absolute atomic E-state index is 0.551. The highest BCUT2D eigenvalue weighted by Crippen LogP contribution is 2.33. The number of thiocarbonyl (C=S) groups is 1. The van der Waals surface area contributed by atoms with Crippen molar-refractivity contribution >= 4 is 44.6 Å². The fraction of sp³-hybridized carbons (Fsp3) is 0.333. The number of piperidine rings is 1. The highest BCUT2D eigenvalue weighted by Gasteiger charge is 2.24. The number of nitrogens with one attached hydrogen (secondary N) is 1. The quantitative estimate of drug-likeness (QED) is 0.612. The molecule has 0 aliphatic carbocycles. The van der Waals surface area contributed by atoms with Crippen molar-refractivity contribution in [3.8, 4) is 0 Å². The van der Waals surface area contributed by atoms with Gasteiger partial charge in [-0.1, -0.05) is 31.2 Å². The van der Waals surface area contributed by atoms with Crippen molar-refractivity contribution < 1.29 is 0 Å². The molecule has 5 heteroatoms. The van der Waals surface area contributed by atoms with E-state index in [9.17, 15) is 0 Å². The summed E-state index contributed by atoms with van der Waals surface area (Å²) in [6.07, 6.45) is 3.27. The zero-order valence-electron chi connectivity index (χ0n) is 14.9. The van der Waals surface area contributed by atoms with Gasteiger partial charge in [0.1, 0.15) is 0 Å². The van der Waals surface area contributed by atoms with Gasteiger partial charge in [-0.05, 0) is 61.3 Å². The molecular formula is C21H23N3S2. The van der Waals surface area contributed by atoms with Gasteiger partial charge in [-0.15, -0.1) is 11.3 Å². The highest BCUT2D eigenvalue weighted by atomic mass is 32.1. The largest absolute Gasteiger partial charge is 0.349 e. The van der Waals surface area contributed by atoms with E-state index in [0.717, 1.165) is 48.7 Å². The monoisotopic (exact) mass is 381 g/mol. The second-order valence-electron chi connectivity index (χ2n) is 6.76. The van der Waals surface area contributed by atoms with Crippen LogP contribution in [-0.2, 0) is 6.42 Å². The Labute approximate surface area is 164 Å². The summed E-state index contributed by atoms with van der Waals surface area (Å²) in [4.78, 5) is 7.13. The fourth-order valence-electron chi connectivity index (χ4n) is 3.42. The van der Waals surface area contributed by atoms with E-state index in [2.05, 4.69) is 65.7 Å². The van der Waals surface area contributed by atoms with Crippen LogP contribution in [0.3, 0.4) is 0 Å². The summed E-state index contributed by atoms with van der Waals surface area (Å²) in [5.41, 5.74) is 3.54. The maximum absolute atomic E-state index is 5.63. The molecule has 1 fully saturated rings.